The van der Waals surface area contributed by atoms with Crippen molar-refractivity contribution in [3.63, 3.8) is 0 Å². The summed E-state index contributed by atoms with van der Waals surface area (Å²) in [6, 6.07) is 15.8. The maximum absolute atomic E-state index is 10.5. The third-order valence-corrected chi connectivity index (χ3v) is 7.17. The maximum Gasteiger partial charge on any atom is 0.134 e. The minimum atomic E-state index is -0.496. The Morgan fingerprint density at radius 3 is 1.82 bits per heavy atom. The first-order valence-electron chi connectivity index (χ1n) is 12.2. The Morgan fingerprint density at radius 2 is 1.38 bits per heavy atom. The van der Waals surface area contributed by atoms with Crippen LogP contribution in [0.4, 0.5) is 0 Å². The molecular formula is C28H36N2O4. The summed E-state index contributed by atoms with van der Waals surface area (Å²) in [5, 5.41) is 29.2. The van der Waals surface area contributed by atoms with Crippen LogP contribution in [0.25, 0.3) is 21.9 Å². The normalized spacial score (nSPS) is 17.6. The third-order valence-electron chi connectivity index (χ3n) is 7.17. The molecule has 1 saturated carbocycles. The van der Waals surface area contributed by atoms with Crippen LogP contribution in [0.5, 0.6) is 0 Å². The monoisotopic (exact) mass is 464 g/mol. The van der Waals surface area contributed by atoms with Crippen molar-refractivity contribution < 1.29 is 19.0 Å². The second-order valence-electron chi connectivity index (χ2n) is 9.13. The number of aliphatic hydroxyl groups is 2. The summed E-state index contributed by atoms with van der Waals surface area (Å²) < 4.78 is 10.7. The molecule has 0 aliphatic heterocycles. The highest BCUT2D eigenvalue weighted by molar-refractivity contribution is 5.78. The van der Waals surface area contributed by atoms with Crippen molar-refractivity contribution in [3.05, 3.63) is 72.2 Å². The first kappa shape index (κ1) is 24.5. The second-order valence-corrected chi connectivity index (χ2v) is 9.13. The molecule has 2 heterocycles. The van der Waals surface area contributed by atoms with Gasteiger partial charge in [0.05, 0.1) is 24.7 Å². The average molecular weight is 465 g/mol. The van der Waals surface area contributed by atoms with Gasteiger partial charge in [-0.15, -0.1) is 0 Å². The highest BCUT2D eigenvalue weighted by Gasteiger charge is 2.32. The van der Waals surface area contributed by atoms with Gasteiger partial charge in [0.15, 0.2) is 0 Å². The number of aliphatic hydroxyl groups excluding tert-OH is 2. The number of hydrogen-bond donors (Lipinski definition) is 4. The van der Waals surface area contributed by atoms with Gasteiger partial charge in [0.1, 0.15) is 11.2 Å². The number of fused-ring (bicyclic) bond motifs is 2. The lowest BCUT2D eigenvalue weighted by molar-refractivity contribution is 0.0736. The molecule has 182 valence electrons. The number of benzene rings is 2. The fourth-order valence-electron chi connectivity index (χ4n) is 4.79. The first-order valence-corrected chi connectivity index (χ1v) is 12.2. The van der Waals surface area contributed by atoms with E-state index >= 15 is 0 Å². The van der Waals surface area contributed by atoms with E-state index in [0.717, 1.165) is 39.5 Å². The fourth-order valence-corrected chi connectivity index (χ4v) is 4.79. The Kier molecular flexibility index (Phi) is 8.06. The van der Waals surface area contributed by atoms with Gasteiger partial charge in [-0.05, 0) is 74.7 Å². The van der Waals surface area contributed by atoms with E-state index in [1.54, 1.807) is 12.5 Å². The molecule has 4 N–H and O–H groups in total. The Labute approximate surface area is 201 Å². The van der Waals surface area contributed by atoms with Crippen LogP contribution in [-0.2, 0) is 0 Å². The van der Waals surface area contributed by atoms with Crippen molar-refractivity contribution in [3.8, 4) is 0 Å². The summed E-state index contributed by atoms with van der Waals surface area (Å²) in [5.74, 6) is 0.595. The number of likely N-dealkylation sites (N-methyl/N-ethyl adjacent to an activating group) is 2. The van der Waals surface area contributed by atoms with Crippen LogP contribution < -0.4 is 10.6 Å². The molecule has 0 amide bonds. The standard InChI is InChI=1S/C15H19NO2.C13H17NO2/c1-16-14(11-3-2-4-11)15(17)12-6-5-10-7-8-18-13(10)9-12;1-3-11(14-2)13(15)10-5-4-9-6-7-16-12(9)8-10/h5-9,11,14-17H,2-4H2,1H3;4-8,11,13-15H,3H2,1-2H3. The molecule has 6 nitrogen and oxygen atoms in total. The van der Waals surface area contributed by atoms with Crippen molar-refractivity contribution in [2.45, 2.75) is 56.9 Å². The van der Waals surface area contributed by atoms with Crippen molar-refractivity contribution in [1.82, 2.24) is 10.6 Å². The topological polar surface area (TPSA) is 90.8 Å². The van der Waals surface area contributed by atoms with Crippen molar-refractivity contribution in [2.24, 2.45) is 5.92 Å². The molecule has 2 aromatic carbocycles. The van der Waals surface area contributed by atoms with Gasteiger partial charge >= 0.3 is 0 Å². The molecule has 1 fully saturated rings. The van der Waals surface area contributed by atoms with Crippen molar-refractivity contribution >= 4 is 21.9 Å². The quantitative estimate of drug-likeness (QED) is 0.282. The fraction of sp³-hybridized carbons (Fsp3) is 0.429. The number of rotatable bonds is 8. The summed E-state index contributed by atoms with van der Waals surface area (Å²) in [7, 11) is 3.79. The van der Waals surface area contributed by atoms with E-state index in [1.165, 1.54) is 19.3 Å². The predicted molar refractivity (Wildman–Crippen MR) is 136 cm³/mol. The zero-order valence-electron chi connectivity index (χ0n) is 20.2. The zero-order valence-corrected chi connectivity index (χ0v) is 20.2. The van der Waals surface area contributed by atoms with E-state index in [4.69, 9.17) is 8.83 Å². The van der Waals surface area contributed by atoms with Gasteiger partial charge < -0.3 is 29.7 Å². The van der Waals surface area contributed by atoms with E-state index in [2.05, 4.69) is 17.6 Å². The Balaban J connectivity index is 0.000000162. The predicted octanol–water partition coefficient (Wildman–Crippen LogP) is 5.32. The maximum atomic E-state index is 10.5. The van der Waals surface area contributed by atoms with Gasteiger partial charge in [-0.2, -0.15) is 0 Å². The average Bonchev–Trinajstić information content (AvgIpc) is 3.50. The number of furan rings is 2. The molecule has 4 atom stereocenters. The molecule has 4 aromatic rings. The third kappa shape index (κ3) is 5.20. The molecule has 4 unspecified atom stereocenters. The Hall–Kier alpha value is -2.64. The van der Waals surface area contributed by atoms with Gasteiger partial charge in [0.2, 0.25) is 0 Å². The molecule has 0 saturated heterocycles. The summed E-state index contributed by atoms with van der Waals surface area (Å²) >= 11 is 0. The molecule has 0 spiro atoms. The van der Waals surface area contributed by atoms with E-state index in [-0.39, 0.29) is 12.1 Å². The summed E-state index contributed by atoms with van der Waals surface area (Å²) in [6.45, 7) is 2.05. The highest BCUT2D eigenvalue weighted by Crippen LogP contribution is 2.35. The first-order chi connectivity index (χ1) is 16.5. The van der Waals surface area contributed by atoms with Gasteiger partial charge in [0.25, 0.3) is 0 Å². The van der Waals surface area contributed by atoms with E-state index in [9.17, 15) is 10.2 Å². The number of hydrogen-bond acceptors (Lipinski definition) is 6. The van der Waals surface area contributed by atoms with Crippen molar-refractivity contribution in [1.29, 1.82) is 0 Å². The summed E-state index contributed by atoms with van der Waals surface area (Å²) in [5.41, 5.74) is 3.49. The molecule has 0 bridgehead atoms. The summed E-state index contributed by atoms with van der Waals surface area (Å²) in [4.78, 5) is 0. The highest BCUT2D eigenvalue weighted by atomic mass is 16.3. The molecular weight excluding hydrogens is 428 g/mol. The van der Waals surface area contributed by atoms with Crippen molar-refractivity contribution in [2.75, 3.05) is 14.1 Å². The minimum absolute atomic E-state index is 0.0763. The molecule has 1 aliphatic carbocycles. The van der Waals surface area contributed by atoms with Crippen LogP contribution in [0.1, 0.15) is 55.9 Å². The van der Waals surface area contributed by atoms with Gasteiger partial charge in [0, 0.05) is 22.9 Å². The van der Waals surface area contributed by atoms with Crippen LogP contribution in [0, 0.1) is 5.92 Å². The zero-order chi connectivity index (χ0) is 24.1. The molecule has 5 rings (SSSR count). The second kappa shape index (κ2) is 11.2. The van der Waals surface area contributed by atoms with Crippen LogP contribution in [0.2, 0.25) is 0 Å². The van der Waals surface area contributed by atoms with Crippen LogP contribution in [-0.4, -0.2) is 36.4 Å². The molecule has 34 heavy (non-hydrogen) atoms. The van der Waals surface area contributed by atoms with Gasteiger partial charge in [-0.25, -0.2) is 0 Å². The van der Waals surface area contributed by atoms with Crippen LogP contribution in [0.3, 0.4) is 0 Å². The molecule has 2 aromatic heterocycles. The van der Waals surface area contributed by atoms with Gasteiger partial charge in [-0.1, -0.05) is 37.6 Å². The molecule has 1 aliphatic rings. The molecule has 0 radical (unpaired) electrons. The van der Waals surface area contributed by atoms with E-state index in [1.807, 2.05) is 62.6 Å². The van der Waals surface area contributed by atoms with E-state index in [0.29, 0.717) is 5.92 Å². The Morgan fingerprint density at radius 1 is 0.824 bits per heavy atom. The lowest BCUT2D eigenvalue weighted by Gasteiger charge is -2.36. The lowest BCUT2D eigenvalue weighted by atomic mass is 9.76. The lowest BCUT2D eigenvalue weighted by Crippen LogP contribution is -2.42. The minimum Gasteiger partial charge on any atom is -0.464 e. The van der Waals surface area contributed by atoms with Gasteiger partial charge in [-0.3, -0.25) is 0 Å². The largest absolute Gasteiger partial charge is 0.464 e. The number of nitrogens with one attached hydrogen (secondary N) is 2. The van der Waals surface area contributed by atoms with Crippen LogP contribution >= 0.6 is 0 Å². The molecule has 6 heteroatoms. The Bertz CT molecular complexity index is 1180. The van der Waals surface area contributed by atoms with E-state index < -0.39 is 12.2 Å². The summed E-state index contributed by atoms with van der Waals surface area (Å²) in [6.07, 6.45) is 6.98. The van der Waals surface area contributed by atoms with Crippen LogP contribution in [0.15, 0.2) is 69.9 Å². The smallest absolute Gasteiger partial charge is 0.134 e. The SMILES string of the molecule is CCC(NC)C(O)c1ccc2ccoc2c1.CNC(C1CCC1)C(O)c1ccc2ccoc2c1.